The minimum Gasteiger partial charge on any atom is -0.332 e. The summed E-state index contributed by atoms with van der Waals surface area (Å²) in [5.74, 6) is -0.886. The molecule has 10 heteroatoms. The van der Waals surface area contributed by atoms with Gasteiger partial charge < -0.3 is 10.2 Å². The van der Waals surface area contributed by atoms with E-state index >= 15 is 0 Å². The average Bonchev–Trinajstić information content (AvgIpc) is 3.25. The average molecular weight is 470 g/mol. The number of hydrogen-bond acceptors (Lipinski definition) is 4. The van der Waals surface area contributed by atoms with Crippen molar-refractivity contribution < 1.29 is 18.0 Å². The van der Waals surface area contributed by atoms with E-state index in [0.29, 0.717) is 23.8 Å². The lowest BCUT2D eigenvalue weighted by atomic mass is 10.2. The van der Waals surface area contributed by atoms with E-state index in [0.717, 1.165) is 12.8 Å². The maximum absolute atomic E-state index is 12.8. The zero-order valence-electron chi connectivity index (χ0n) is 16.3. The summed E-state index contributed by atoms with van der Waals surface area (Å²) in [5.41, 5.74) is 0.690. The Morgan fingerprint density at radius 2 is 1.70 bits per heavy atom. The van der Waals surface area contributed by atoms with E-state index in [1.807, 2.05) is 0 Å². The van der Waals surface area contributed by atoms with Crippen molar-refractivity contribution >= 4 is 50.7 Å². The molecule has 0 radical (unpaired) electrons. The molecule has 3 rings (SSSR count). The number of nitrogens with one attached hydrogen (secondary N) is 1. The van der Waals surface area contributed by atoms with Crippen molar-refractivity contribution in [3.05, 3.63) is 58.1 Å². The highest BCUT2D eigenvalue weighted by Gasteiger charge is 2.30. The summed E-state index contributed by atoms with van der Waals surface area (Å²) in [6.45, 7) is 0.654. The maximum Gasteiger partial charge on any atom is 0.254 e. The maximum atomic E-state index is 12.8. The van der Waals surface area contributed by atoms with Gasteiger partial charge in [-0.2, -0.15) is 4.31 Å². The molecular formula is C20H21Cl2N3O4S. The second-order valence-corrected chi connectivity index (χ2v) is 9.72. The fourth-order valence-electron chi connectivity index (χ4n) is 3.14. The molecule has 0 bridgehead atoms. The summed E-state index contributed by atoms with van der Waals surface area (Å²) in [5, 5.41) is 3.27. The minimum atomic E-state index is -3.78. The molecule has 0 aromatic heterocycles. The van der Waals surface area contributed by atoms with Crippen LogP contribution in [0.1, 0.15) is 23.2 Å². The number of rotatable bonds is 6. The Bertz CT molecular complexity index is 1050. The molecule has 7 nitrogen and oxygen atoms in total. The van der Waals surface area contributed by atoms with Gasteiger partial charge in [-0.05, 0) is 55.3 Å². The SMILES string of the molecule is CN(CC(=O)Nc1ccc(Cl)cc1)C(=O)c1ccc(Cl)c(S(=O)(=O)N2CCCC2)c1. The molecule has 1 fully saturated rings. The van der Waals surface area contributed by atoms with Crippen LogP contribution >= 0.6 is 23.2 Å². The molecule has 0 saturated carbocycles. The monoisotopic (exact) mass is 469 g/mol. The van der Waals surface area contributed by atoms with Gasteiger partial charge in [0.05, 0.1) is 11.6 Å². The van der Waals surface area contributed by atoms with Crippen LogP contribution < -0.4 is 5.32 Å². The molecule has 2 amide bonds. The highest BCUT2D eigenvalue weighted by molar-refractivity contribution is 7.89. The number of benzene rings is 2. The number of carbonyl (C=O) groups excluding carboxylic acids is 2. The van der Waals surface area contributed by atoms with Crippen LogP contribution in [0.15, 0.2) is 47.4 Å². The van der Waals surface area contributed by atoms with E-state index in [-0.39, 0.29) is 22.0 Å². The Balaban J connectivity index is 1.72. The third-order valence-electron chi connectivity index (χ3n) is 4.72. The number of amides is 2. The molecule has 2 aromatic rings. The lowest BCUT2D eigenvalue weighted by molar-refractivity contribution is -0.116. The summed E-state index contributed by atoms with van der Waals surface area (Å²) in [4.78, 5) is 26.1. The summed E-state index contributed by atoms with van der Waals surface area (Å²) in [6.07, 6.45) is 1.59. The third-order valence-corrected chi connectivity index (χ3v) is 7.35. The van der Waals surface area contributed by atoms with Gasteiger partial charge in [-0.25, -0.2) is 8.42 Å². The first-order chi connectivity index (χ1) is 14.2. The fraction of sp³-hybridized carbons (Fsp3) is 0.300. The van der Waals surface area contributed by atoms with Crippen LogP contribution in [-0.4, -0.2) is 56.1 Å². The molecule has 1 saturated heterocycles. The Kier molecular flexibility index (Phi) is 7.02. The van der Waals surface area contributed by atoms with E-state index in [1.165, 1.54) is 34.5 Å². The van der Waals surface area contributed by atoms with Gasteiger partial charge in [0, 0.05) is 36.4 Å². The largest absolute Gasteiger partial charge is 0.332 e. The number of halogens is 2. The van der Waals surface area contributed by atoms with E-state index < -0.39 is 21.8 Å². The predicted molar refractivity (Wildman–Crippen MR) is 116 cm³/mol. The van der Waals surface area contributed by atoms with Crippen molar-refractivity contribution in [1.82, 2.24) is 9.21 Å². The van der Waals surface area contributed by atoms with E-state index in [2.05, 4.69) is 5.32 Å². The van der Waals surface area contributed by atoms with Gasteiger partial charge in [-0.15, -0.1) is 0 Å². The van der Waals surface area contributed by atoms with Gasteiger partial charge in [-0.3, -0.25) is 9.59 Å². The molecule has 1 aliphatic rings. The first-order valence-corrected chi connectivity index (χ1v) is 11.5. The molecule has 2 aromatic carbocycles. The highest BCUT2D eigenvalue weighted by Crippen LogP contribution is 2.28. The van der Waals surface area contributed by atoms with Crippen molar-refractivity contribution in [2.75, 3.05) is 32.0 Å². The topological polar surface area (TPSA) is 86.8 Å². The zero-order valence-corrected chi connectivity index (χ0v) is 18.6. The normalized spacial score (nSPS) is 14.5. The molecule has 160 valence electrons. The zero-order chi connectivity index (χ0) is 21.9. The molecule has 30 heavy (non-hydrogen) atoms. The summed E-state index contributed by atoms with van der Waals surface area (Å²) in [7, 11) is -2.31. The van der Waals surface area contributed by atoms with Gasteiger partial charge in [-0.1, -0.05) is 23.2 Å². The molecule has 0 spiro atoms. The van der Waals surface area contributed by atoms with Crippen LogP contribution in [0.2, 0.25) is 10.0 Å². The van der Waals surface area contributed by atoms with Crippen LogP contribution in [0.4, 0.5) is 5.69 Å². The van der Waals surface area contributed by atoms with Crippen LogP contribution in [0.25, 0.3) is 0 Å². The molecule has 0 unspecified atom stereocenters. The molecule has 0 aliphatic carbocycles. The van der Waals surface area contributed by atoms with Crippen LogP contribution in [0, 0.1) is 0 Å². The lowest BCUT2D eigenvalue weighted by Crippen LogP contribution is -2.35. The van der Waals surface area contributed by atoms with Gasteiger partial charge in [0.1, 0.15) is 4.90 Å². The van der Waals surface area contributed by atoms with Crippen molar-refractivity contribution in [2.24, 2.45) is 0 Å². The first-order valence-electron chi connectivity index (χ1n) is 9.29. The second kappa shape index (κ2) is 9.34. The second-order valence-electron chi connectivity index (χ2n) is 6.97. The molecule has 1 aliphatic heterocycles. The molecule has 0 atom stereocenters. The quantitative estimate of drug-likeness (QED) is 0.701. The summed E-state index contributed by atoms with van der Waals surface area (Å²) in [6, 6.07) is 10.7. The fourth-order valence-corrected chi connectivity index (χ4v) is 5.29. The first kappa shape index (κ1) is 22.6. The lowest BCUT2D eigenvalue weighted by Gasteiger charge is -2.19. The molecular weight excluding hydrogens is 449 g/mol. The van der Waals surface area contributed by atoms with Crippen molar-refractivity contribution in [3.63, 3.8) is 0 Å². The Hall–Kier alpha value is -2.13. The van der Waals surface area contributed by atoms with Gasteiger partial charge >= 0.3 is 0 Å². The smallest absolute Gasteiger partial charge is 0.254 e. The number of likely N-dealkylation sites (N-methyl/N-ethyl adjacent to an activating group) is 1. The predicted octanol–water partition coefficient (Wildman–Crippen LogP) is 3.49. The van der Waals surface area contributed by atoms with Crippen molar-refractivity contribution in [1.29, 1.82) is 0 Å². The Labute approximate surface area is 185 Å². The number of hydrogen-bond donors (Lipinski definition) is 1. The van der Waals surface area contributed by atoms with Crippen LogP contribution in [0.3, 0.4) is 0 Å². The van der Waals surface area contributed by atoms with Crippen LogP contribution in [0.5, 0.6) is 0 Å². The Morgan fingerprint density at radius 3 is 2.33 bits per heavy atom. The summed E-state index contributed by atoms with van der Waals surface area (Å²) >= 11 is 11.9. The Morgan fingerprint density at radius 1 is 1.07 bits per heavy atom. The third kappa shape index (κ3) is 5.13. The van der Waals surface area contributed by atoms with Crippen LogP contribution in [-0.2, 0) is 14.8 Å². The molecule has 1 N–H and O–H groups in total. The van der Waals surface area contributed by atoms with Crippen molar-refractivity contribution in [2.45, 2.75) is 17.7 Å². The number of anilines is 1. The highest BCUT2D eigenvalue weighted by atomic mass is 35.5. The van der Waals surface area contributed by atoms with E-state index in [9.17, 15) is 18.0 Å². The minimum absolute atomic E-state index is 0.0570. The van der Waals surface area contributed by atoms with Gasteiger partial charge in [0.15, 0.2) is 0 Å². The van der Waals surface area contributed by atoms with Gasteiger partial charge in [0.2, 0.25) is 15.9 Å². The number of carbonyl (C=O) groups is 2. The number of sulfonamides is 1. The van der Waals surface area contributed by atoms with E-state index in [1.54, 1.807) is 24.3 Å². The van der Waals surface area contributed by atoms with Gasteiger partial charge in [0.25, 0.3) is 5.91 Å². The van der Waals surface area contributed by atoms with Crippen molar-refractivity contribution in [3.8, 4) is 0 Å². The molecule has 1 heterocycles. The number of nitrogens with zero attached hydrogens (tertiary/aromatic N) is 2. The summed E-state index contributed by atoms with van der Waals surface area (Å²) < 4.78 is 27.1. The standard InChI is InChI=1S/C20H21Cl2N3O4S/c1-24(13-19(26)23-16-7-5-15(21)6-8-16)20(27)14-4-9-17(22)18(12-14)30(28,29)25-10-2-3-11-25/h4-9,12H,2-3,10-11,13H2,1H3,(H,23,26). The van der Waals surface area contributed by atoms with E-state index in [4.69, 9.17) is 23.2 Å².